The Labute approximate surface area is 600 Å². The van der Waals surface area contributed by atoms with E-state index in [1.807, 2.05) is 6.08 Å². The van der Waals surface area contributed by atoms with Crippen molar-refractivity contribution >= 4 is 5.91 Å². The van der Waals surface area contributed by atoms with Crippen LogP contribution in [0.1, 0.15) is 335 Å². The van der Waals surface area contributed by atoms with Crippen LogP contribution in [0, 0.1) is 0 Å². The monoisotopic (exact) mass is 1410 g/mol. The van der Waals surface area contributed by atoms with Crippen LogP contribution in [-0.4, -0.2) is 193 Å². The average molecular weight is 1410 g/mol. The summed E-state index contributed by atoms with van der Waals surface area (Å²) in [6, 6.07) is -0.994. The van der Waals surface area contributed by atoms with Gasteiger partial charge in [0.25, 0.3) is 0 Å². The van der Waals surface area contributed by atoms with E-state index in [-0.39, 0.29) is 18.9 Å². The zero-order valence-electron chi connectivity index (χ0n) is 62.2. The lowest BCUT2D eigenvalue weighted by Gasteiger charge is -2.48. The highest BCUT2D eigenvalue weighted by Crippen LogP contribution is 2.33. The molecule has 0 aromatic heterocycles. The Hall–Kier alpha value is -1.99. The van der Waals surface area contributed by atoms with Crippen molar-refractivity contribution in [2.24, 2.45) is 0 Å². The van der Waals surface area contributed by atoms with Crippen molar-refractivity contribution in [3.63, 3.8) is 0 Å². The molecule has 0 aliphatic carbocycles. The Morgan fingerprint density at radius 3 is 1.01 bits per heavy atom. The lowest BCUT2D eigenvalue weighted by Crippen LogP contribution is -2.66. The van der Waals surface area contributed by atoms with Crippen LogP contribution in [0.3, 0.4) is 0 Å². The molecule has 0 radical (unpaired) electrons. The second-order valence-electron chi connectivity index (χ2n) is 29.2. The number of aliphatic hydroxyl groups is 11. The molecule has 3 fully saturated rings. The van der Waals surface area contributed by atoms with Gasteiger partial charge in [-0.3, -0.25) is 4.79 Å². The zero-order valence-corrected chi connectivity index (χ0v) is 62.2. The van der Waals surface area contributed by atoms with Crippen LogP contribution in [0.4, 0.5) is 0 Å². The standard InChI is InChI=1S/C80H149NO18/c1-3-5-7-9-11-13-15-17-19-20-21-22-23-24-25-26-27-28-29-30-31-32-33-34-35-36-37-38-39-40-41-42-43-44-46-48-50-52-54-56-58-68(86)81-63(64(85)57-55-53-51-49-47-45-18-16-14-12-10-8-6-4-2)62-94-78-74(92)71(89)76(66(60-83)96-78)99-80-75(93)72(90)77(67(61-84)97-80)98-79-73(91)70(88)69(87)65(59-82)95-79/h14,16,47,49,55,57,63-67,69-80,82-85,87-93H,3-13,15,17-46,48,50-54,56,58-62H2,1-2H3,(H,81,86)/b16-14+,49-47+,57-55+. The second-order valence-corrected chi connectivity index (χ2v) is 29.2. The minimum absolute atomic E-state index is 0.236. The van der Waals surface area contributed by atoms with Crippen molar-refractivity contribution in [1.29, 1.82) is 0 Å². The van der Waals surface area contributed by atoms with Gasteiger partial charge in [-0.15, -0.1) is 0 Å². The van der Waals surface area contributed by atoms with Gasteiger partial charge in [0.15, 0.2) is 18.9 Å². The smallest absolute Gasteiger partial charge is 0.220 e. The number of hydrogen-bond donors (Lipinski definition) is 12. The van der Waals surface area contributed by atoms with Crippen LogP contribution < -0.4 is 5.32 Å². The van der Waals surface area contributed by atoms with Gasteiger partial charge in [0.1, 0.15) is 73.2 Å². The van der Waals surface area contributed by atoms with E-state index in [9.17, 15) is 61.0 Å². The van der Waals surface area contributed by atoms with Crippen LogP contribution in [0.15, 0.2) is 36.5 Å². The number of rotatable bonds is 65. The number of carbonyl (C=O) groups is 1. The number of hydrogen-bond acceptors (Lipinski definition) is 18. The molecular weight excluding hydrogens is 1260 g/mol. The fraction of sp³-hybridized carbons (Fsp3) is 0.912. The van der Waals surface area contributed by atoms with Gasteiger partial charge in [-0.25, -0.2) is 0 Å². The Kier molecular flexibility index (Phi) is 56.4. The summed E-state index contributed by atoms with van der Waals surface area (Å²) in [4.78, 5) is 13.4. The van der Waals surface area contributed by atoms with Gasteiger partial charge in [0.2, 0.25) is 5.91 Å². The van der Waals surface area contributed by atoms with Crippen molar-refractivity contribution in [3.8, 4) is 0 Å². The third-order valence-corrected chi connectivity index (χ3v) is 20.4. The summed E-state index contributed by atoms with van der Waals surface area (Å²) in [5, 5.41) is 121. The number of aliphatic hydroxyl groups excluding tert-OH is 11. The zero-order chi connectivity index (χ0) is 71.8. The fourth-order valence-electron chi connectivity index (χ4n) is 13.9. The van der Waals surface area contributed by atoms with Crippen LogP contribution in [0.25, 0.3) is 0 Å². The molecule has 17 unspecified atom stereocenters. The molecule has 582 valence electrons. The molecule has 0 bridgehead atoms. The van der Waals surface area contributed by atoms with Crippen molar-refractivity contribution in [3.05, 3.63) is 36.5 Å². The third-order valence-electron chi connectivity index (χ3n) is 20.4. The Morgan fingerprint density at radius 1 is 0.354 bits per heavy atom. The molecule has 99 heavy (non-hydrogen) atoms. The number of allylic oxidation sites excluding steroid dienone is 5. The van der Waals surface area contributed by atoms with Crippen LogP contribution in [-0.2, 0) is 33.2 Å². The number of unbranched alkanes of at least 4 members (excludes halogenated alkanes) is 45. The molecule has 19 heteroatoms. The van der Waals surface area contributed by atoms with E-state index < -0.39 is 124 Å². The van der Waals surface area contributed by atoms with E-state index in [2.05, 4.69) is 43.5 Å². The van der Waals surface area contributed by atoms with Crippen LogP contribution in [0.5, 0.6) is 0 Å². The lowest BCUT2D eigenvalue weighted by molar-refractivity contribution is -0.379. The van der Waals surface area contributed by atoms with Crippen molar-refractivity contribution in [2.75, 3.05) is 26.4 Å². The predicted molar refractivity (Wildman–Crippen MR) is 393 cm³/mol. The van der Waals surface area contributed by atoms with Gasteiger partial charge >= 0.3 is 0 Å². The third kappa shape index (κ3) is 41.5. The maximum Gasteiger partial charge on any atom is 0.220 e. The van der Waals surface area contributed by atoms with E-state index in [0.29, 0.717) is 12.8 Å². The highest BCUT2D eigenvalue weighted by molar-refractivity contribution is 5.76. The highest BCUT2D eigenvalue weighted by Gasteiger charge is 2.54. The summed E-state index contributed by atoms with van der Waals surface area (Å²) >= 11 is 0. The predicted octanol–water partition coefficient (Wildman–Crippen LogP) is 13.5. The molecule has 17 atom stereocenters. The van der Waals surface area contributed by atoms with E-state index in [4.69, 9.17) is 28.4 Å². The van der Waals surface area contributed by atoms with Gasteiger partial charge in [-0.2, -0.15) is 0 Å². The molecule has 0 aromatic rings. The first-order valence-corrected chi connectivity index (χ1v) is 40.7. The van der Waals surface area contributed by atoms with Crippen molar-refractivity contribution in [1.82, 2.24) is 5.32 Å². The molecule has 3 aliphatic rings. The molecule has 19 nitrogen and oxygen atoms in total. The summed E-state index contributed by atoms with van der Waals surface area (Å²) < 4.78 is 34.4. The van der Waals surface area contributed by atoms with Gasteiger partial charge in [0, 0.05) is 6.42 Å². The van der Waals surface area contributed by atoms with E-state index in [1.165, 1.54) is 257 Å². The normalized spacial score (nSPS) is 26.7. The minimum atomic E-state index is -1.98. The van der Waals surface area contributed by atoms with Gasteiger partial charge in [-0.1, -0.05) is 320 Å². The number of nitrogens with one attached hydrogen (secondary N) is 1. The van der Waals surface area contributed by atoms with Crippen LogP contribution in [0.2, 0.25) is 0 Å². The van der Waals surface area contributed by atoms with E-state index in [0.717, 1.165) is 44.9 Å². The molecule has 3 aliphatic heterocycles. The molecule has 3 heterocycles. The summed E-state index contributed by atoms with van der Waals surface area (Å²) in [7, 11) is 0. The molecule has 3 saturated heterocycles. The first-order valence-electron chi connectivity index (χ1n) is 40.7. The topological polar surface area (TPSA) is 307 Å². The Balaban J connectivity index is 1.27. The average Bonchev–Trinajstić information content (AvgIpc) is 0.784. The lowest BCUT2D eigenvalue weighted by atomic mass is 9.96. The second kappa shape index (κ2) is 61.2. The number of ether oxygens (including phenoxy) is 6. The molecule has 0 spiro atoms. The molecular formula is C80H149NO18. The largest absolute Gasteiger partial charge is 0.394 e. The van der Waals surface area contributed by atoms with Crippen LogP contribution >= 0.6 is 0 Å². The van der Waals surface area contributed by atoms with E-state index >= 15 is 0 Å². The summed E-state index contributed by atoms with van der Waals surface area (Å²) in [6.45, 7) is 1.71. The first-order chi connectivity index (χ1) is 48.3. The van der Waals surface area contributed by atoms with Crippen molar-refractivity contribution in [2.45, 2.75) is 439 Å². The quantitative estimate of drug-likeness (QED) is 0.0199. The number of amides is 1. The maximum atomic E-state index is 13.4. The number of carbonyl (C=O) groups excluding carboxylic acids is 1. The van der Waals surface area contributed by atoms with Gasteiger partial charge in [0.05, 0.1) is 38.6 Å². The van der Waals surface area contributed by atoms with Gasteiger partial charge < -0.3 is 89.9 Å². The van der Waals surface area contributed by atoms with Gasteiger partial charge in [-0.05, 0) is 44.9 Å². The Morgan fingerprint density at radius 2 is 0.646 bits per heavy atom. The first kappa shape index (κ1) is 91.2. The highest BCUT2D eigenvalue weighted by atomic mass is 16.8. The summed E-state index contributed by atoms with van der Waals surface area (Å²) in [6.07, 6.45) is 49.1. The maximum absolute atomic E-state index is 13.4. The molecule has 3 rings (SSSR count). The molecule has 12 N–H and O–H groups in total. The summed E-state index contributed by atoms with van der Waals surface area (Å²) in [5.41, 5.74) is 0. The minimum Gasteiger partial charge on any atom is -0.394 e. The van der Waals surface area contributed by atoms with E-state index in [1.54, 1.807) is 6.08 Å². The molecule has 1 amide bonds. The molecule has 0 saturated carbocycles. The fourth-order valence-corrected chi connectivity index (χ4v) is 13.9. The summed E-state index contributed by atoms with van der Waals surface area (Å²) in [5.74, 6) is -0.285. The SMILES string of the molecule is CCCCCC/C=C/CC/C=C/CC/C=C/C(O)C(COC1OC(CO)C(OC2OC(CO)C(OC3OC(CO)C(O)C(O)C3O)C(O)C2O)C(O)C1O)NC(=O)CCCCCCCCCCCCCCCCCCCCCCCCCCCCCCCCCCCCCCCCCC. The molecule has 0 aromatic carbocycles. The van der Waals surface area contributed by atoms with Crippen molar-refractivity contribution < 1.29 is 89.4 Å². The Bertz CT molecular complexity index is 1930.